The van der Waals surface area contributed by atoms with Crippen LogP contribution in [0.15, 0.2) is 29.2 Å². The first-order valence-corrected chi connectivity index (χ1v) is 10.6. The molecule has 3 rings (SSSR count). The summed E-state index contributed by atoms with van der Waals surface area (Å²) >= 11 is 0. The van der Waals surface area contributed by atoms with Crippen LogP contribution in [0.5, 0.6) is 0 Å². The molecule has 2 bridgehead atoms. The summed E-state index contributed by atoms with van der Waals surface area (Å²) in [5.41, 5.74) is 0.470. The highest BCUT2D eigenvalue weighted by molar-refractivity contribution is 7.90. The summed E-state index contributed by atoms with van der Waals surface area (Å²) in [6.07, 6.45) is 4.10. The monoisotopic (exact) mass is 344 g/mol. The van der Waals surface area contributed by atoms with Crippen molar-refractivity contribution in [2.45, 2.75) is 36.7 Å². The predicted octanol–water partition coefficient (Wildman–Crippen LogP) is 0.909. The van der Waals surface area contributed by atoms with Gasteiger partial charge in [-0.25, -0.2) is 8.42 Å². The molecule has 22 heavy (non-hydrogen) atoms. The molecule has 8 heteroatoms. The van der Waals surface area contributed by atoms with Crippen LogP contribution in [-0.2, 0) is 26.6 Å². The van der Waals surface area contributed by atoms with Crippen molar-refractivity contribution in [1.29, 1.82) is 0 Å². The van der Waals surface area contributed by atoms with Gasteiger partial charge in [-0.1, -0.05) is 18.2 Å². The molecule has 1 aliphatic carbocycles. The van der Waals surface area contributed by atoms with Crippen LogP contribution in [-0.4, -0.2) is 40.0 Å². The first-order chi connectivity index (χ1) is 10.3. The molecular weight excluding hydrogens is 324 g/mol. The minimum Gasteiger partial charge on any atom is -0.224 e. The lowest BCUT2D eigenvalue weighted by molar-refractivity contribution is 0.328. The van der Waals surface area contributed by atoms with E-state index in [2.05, 4.69) is 4.72 Å². The summed E-state index contributed by atoms with van der Waals surface area (Å²) in [4.78, 5) is 0.167. The number of rotatable bonds is 5. The maximum atomic E-state index is 12.4. The summed E-state index contributed by atoms with van der Waals surface area (Å²) < 4.78 is 52.4. The van der Waals surface area contributed by atoms with Crippen molar-refractivity contribution < 1.29 is 16.8 Å². The van der Waals surface area contributed by atoms with Gasteiger partial charge in [0.25, 0.3) is 10.2 Å². The van der Waals surface area contributed by atoms with E-state index in [1.807, 2.05) is 0 Å². The fourth-order valence-electron chi connectivity index (χ4n) is 3.44. The van der Waals surface area contributed by atoms with Crippen LogP contribution in [0.2, 0.25) is 0 Å². The zero-order chi connectivity index (χ0) is 16.0. The number of sulfone groups is 1. The fraction of sp³-hybridized carbons (Fsp3) is 0.571. The molecule has 1 heterocycles. The molecule has 2 unspecified atom stereocenters. The fourth-order valence-corrected chi connectivity index (χ4v) is 5.87. The van der Waals surface area contributed by atoms with Crippen molar-refractivity contribution in [3.63, 3.8) is 0 Å². The van der Waals surface area contributed by atoms with E-state index in [-0.39, 0.29) is 17.5 Å². The number of benzene rings is 1. The van der Waals surface area contributed by atoms with Crippen LogP contribution in [0.4, 0.5) is 0 Å². The Morgan fingerprint density at radius 3 is 2.50 bits per heavy atom. The van der Waals surface area contributed by atoms with Crippen LogP contribution in [0, 0.1) is 5.92 Å². The highest BCUT2D eigenvalue weighted by Crippen LogP contribution is 2.38. The molecule has 0 radical (unpaired) electrons. The van der Waals surface area contributed by atoms with Crippen LogP contribution >= 0.6 is 0 Å². The lowest BCUT2D eigenvalue weighted by Crippen LogP contribution is -2.44. The molecule has 1 aliphatic heterocycles. The first-order valence-electron chi connectivity index (χ1n) is 7.32. The van der Waals surface area contributed by atoms with Crippen LogP contribution in [0.1, 0.15) is 24.8 Å². The Hall–Kier alpha value is -0.960. The molecule has 0 amide bonds. The molecule has 122 valence electrons. The minimum absolute atomic E-state index is 0.0144. The average Bonchev–Trinajstić information content (AvgIpc) is 3.07. The highest BCUT2D eigenvalue weighted by atomic mass is 32.2. The van der Waals surface area contributed by atoms with Crippen molar-refractivity contribution >= 4 is 20.0 Å². The van der Waals surface area contributed by atoms with E-state index in [1.165, 1.54) is 10.4 Å². The second kappa shape index (κ2) is 5.59. The summed E-state index contributed by atoms with van der Waals surface area (Å²) in [6, 6.07) is 6.57. The van der Waals surface area contributed by atoms with Gasteiger partial charge in [-0.2, -0.15) is 17.4 Å². The van der Waals surface area contributed by atoms with Gasteiger partial charge in [0.1, 0.15) is 0 Å². The summed E-state index contributed by atoms with van der Waals surface area (Å²) in [5.74, 6) is 0.477. The van der Waals surface area contributed by atoms with Gasteiger partial charge >= 0.3 is 0 Å². The van der Waals surface area contributed by atoms with E-state index in [0.717, 1.165) is 25.5 Å². The van der Waals surface area contributed by atoms with Crippen molar-refractivity contribution in [2.75, 3.05) is 12.8 Å². The summed E-state index contributed by atoms with van der Waals surface area (Å²) in [5, 5.41) is 0. The van der Waals surface area contributed by atoms with Crippen molar-refractivity contribution in [2.24, 2.45) is 5.92 Å². The Balaban J connectivity index is 1.76. The number of nitrogens with one attached hydrogen (secondary N) is 1. The van der Waals surface area contributed by atoms with E-state index in [0.29, 0.717) is 18.0 Å². The van der Waals surface area contributed by atoms with Gasteiger partial charge in [-0.15, -0.1) is 0 Å². The molecule has 2 atom stereocenters. The Bertz CT molecular complexity index is 774. The van der Waals surface area contributed by atoms with Crippen molar-refractivity contribution in [1.82, 2.24) is 9.03 Å². The number of nitrogens with zero attached hydrogens (tertiary/aromatic N) is 1. The molecule has 1 aromatic rings. The number of fused-ring (bicyclic) bond motifs is 2. The Kier molecular flexibility index (Phi) is 4.05. The van der Waals surface area contributed by atoms with E-state index in [1.54, 1.807) is 18.2 Å². The highest BCUT2D eigenvalue weighted by Gasteiger charge is 2.43. The molecule has 6 nitrogen and oxygen atoms in total. The Morgan fingerprint density at radius 1 is 1.18 bits per heavy atom. The number of hydrogen-bond acceptors (Lipinski definition) is 4. The summed E-state index contributed by atoms with van der Waals surface area (Å²) in [7, 11) is -6.94. The SMILES string of the molecule is CS(=O)(=O)c1ccccc1CNS(=O)(=O)N1CC2CCC1C2. The lowest BCUT2D eigenvalue weighted by Gasteiger charge is -2.26. The lowest BCUT2D eigenvalue weighted by atomic mass is 10.1. The molecule has 2 aliphatic rings. The normalized spacial score (nSPS) is 25.7. The largest absolute Gasteiger partial charge is 0.280 e. The topological polar surface area (TPSA) is 83.5 Å². The maximum Gasteiger partial charge on any atom is 0.280 e. The van der Waals surface area contributed by atoms with Crippen molar-refractivity contribution in [3.05, 3.63) is 29.8 Å². The van der Waals surface area contributed by atoms with Crippen LogP contribution in [0.3, 0.4) is 0 Å². The zero-order valence-corrected chi connectivity index (χ0v) is 14.0. The van der Waals surface area contributed by atoms with E-state index in [9.17, 15) is 16.8 Å². The van der Waals surface area contributed by atoms with E-state index < -0.39 is 20.0 Å². The minimum atomic E-state index is -3.56. The maximum absolute atomic E-state index is 12.4. The third-order valence-corrected chi connectivity index (χ3v) is 7.26. The van der Waals surface area contributed by atoms with Gasteiger partial charge in [0.05, 0.1) is 4.90 Å². The van der Waals surface area contributed by atoms with Gasteiger partial charge in [0, 0.05) is 25.4 Å². The van der Waals surface area contributed by atoms with Gasteiger partial charge in [0.2, 0.25) is 0 Å². The Morgan fingerprint density at radius 2 is 1.91 bits per heavy atom. The third kappa shape index (κ3) is 3.05. The van der Waals surface area contributed by atoms with Gasteiger partial charge in [0.15, 0.2) is 9.84 Å². The quantitative estimate of drug-likeness (QED) is 0.860. The molecule has 1 saturated heterocycles. The number of hydrogen-bond donors (Lipinski definition) is 1. The molecule has 1 aromatic carbocycles. The van der Waals surface area contributed by atoms with Gasteiger partial charge < -0.3 is 0 Å². The third-order valence-electron chi connectivity index (χ3n) is 4.48. The molecule has 0 aromatic heterocycles. The first kappa shape index (κ1) is 15.9. The van der Waals surface area contributed by atoms with Crippen LogP contribution < -0.4 is 4.72 Å². The van der Waals surface area contributed by atoms with Crippen LogP contribution in [0.25, 0.3) is 0 Å². The smallest absolute Gasteiger partial charge is 0.224 e. The zero-order valence-electron chi connectivity index (χ0n) is 12.4. The number of piperidine rings is 1. The molecular formula is C14H20N2O4S2. The van der Waals surface area contributed by atoms with Gasteiger partial charge in [-0.05, 0) is 36.8 Å². The molecule has 0 spiro atoms. The van der Waals surface area contributed by atoms with Gasteiger partial charge in [-0.3, -0.25) is 0 Å². The molecule has 1 N–H and O–H groups in total. The second-order valence-electron chi connectivity index (χ2n) is 6.11. The van der Waals surface area contributed by atoms with Crippen molar-refractivity contribution in [3.8, 4) is 0 Å². The Labute approximate surface area is 131 Å². The predicted molar refractivity (Wildman–Crippen MR) is 83.1 cm³/mol. The van der Waals surface area contributed by atoms with E-state index >= 15 is 0 Å². The molecule has 1 saturated carbocycles. The second-order valence-corrected chi connectivity index (χ2v) is 9.80. The average molecular weight is 344 g/mol. The standard InChI is InChI=1S/C14H20N2O4S2/c1-21(17,18)14-5-3-2-4-12(14)9-15-22(19,20)16-10-11-6-7-13(16)8-11/h2-5,11,13,15H,6-10H2,1H3. The molecule has 2 fully saturated rings. The summed E-state index contributed by atoms with van der Waals surface area (Å²) in [6.45, 7) is 0.563. The van der Waals surface area contributed by atoms with E-state index in [4.69, 9.17) is 0 Å².